The zero-order valence-corrected chi connectivity index (χ0v) is 14.9. The molecule has 3 aromatic rings. The maximum Gasteiger partial charge on any atom is 0.246 e. The number of carbonyl (C=O) groups excluding carboxylic acids is 1. The number of aryl methyl sites for hydroxylation is 1. The summed E-state index contributed by atoms with van der Waals surface area (Å²) in [6, 6.07) is 17.6. The number of hydrogen-bond donors (Lipinski definition) is 1. The molecule has 1 amide bonds. The summed E-state index contributed by atoms with van der Waals surface area (Å²) in [6.45, 7) is 0.763. The predicted octanol–water partition coefficient (Wildman–Crippen LogP) is 3.21. The van der Waals surface area contributed by atoms with Gasteiger partial charge < -0.3 is 14.6 Å². The van der Waals surface area contributed by atoms with Crippen LogP contribution in [-0.2, 0) is 16.6 Å². The van der Waals surface area contributed by atoms with Crippen molar-refractivity contribution in [2.75, 3.05) is 13.2 Å². The number of nitrogens with zero attached hydrogens (tertiary/aromatic N) is 2. The van der Waals surface area contributed by atoms with Crippen molar-refractivity contribution in [1.82, 2.24) is 14.9 Å². The molecule has 4 rings (SSSR count). The van der Waals surface area contributed by atoms with Crippen LogP contribution in [0.4, 0.5) is 0 Å². The average Bonchev–Trinajstić information content (AvgIpc) is 3.43. The van der Waals surface area contributed by atoms with Crippen LogP contribution in [0.15, 0.2) is 54.6 Å². The van der Waals surface area contributed by atoms with E-state index in [4.69, 9.17) is 9.72 Å². The Hall–Kier alpha value is -2.66. The number of hydrogen-bond acceptors (Lipinski definition) is 3. The van der Waals surface area contributed by atoms with Crippen molar-refractivity contribution in [3.63, 3.8) is 0 Å². The van der Waals surface area contributed by atoms with Gasteiger partial charge in [0.15, 0.2) is 0 Å². The summed E-state index contributed by atoms with van der Waals surface area (Å²) in [5, 5.41) is 3.10. The molecule has 2 aromatic carbocycles. The molecule has 134 valence electrons. The first-order valence-corrected chi connectivity index (χ1v) is 9.06. The number of para-hydroxylation sites is 2. The summed E-state index contributed by atoms with van der Waals surface area (Å²) < 4.78 is 7.58. The molecule has 1 atom stereocenters. The molecule has 1 aliphatic carbocycles. The lowest BCUT2D eigenvalue weighted by molar-refractivity contribution is -0.126. The van der Waals surface area contributed by atoms with Crippen molar-refractivity contribution in [2.24, 2.45) is 13.0 Å². The Morgan fingerprint density at radius 1 is 1.19 bits per heavy atom. The average molecular weight is 349 g/mol. The Labute approximate surface area is 153 Å². The van der Waals surface area contributed by atoms with E-state index in [9.17, 15) is 4.79 Å². The van der Waals surface area contributed by atoms with Gasteiger partial charge in [-0.3, -0.25) is 4.79 Å². The van der Waals surface area contributed by atoms with Gasteiger partial charge in [-0.2, -0.15) is 0 Å². The van der Waals surface area contributed by atoms with E-state index in [1.165, 1.54) is 12.8 Å². The lowest BCUT2D eigenvalue weighted by atomic mass is 10.1. The van der Waals surface area contributed by atoms with Crippen LogP contribution in [0.1, 0.15) is 30.3 Å². The minimum atomic E-state index is -0.314. The quantitative estimate of drug-likeness (QED) is 0.713. The van der Waals surface area contributed by atoms with Crippen molar-refractivity contribution < 1.29 is 9.53 Å². The summed E-state index contributed by atoms with van der Waals surface area (Å²) in [5.41, 5.74) is 2.97. The number of benzene rings is 2. The zero-order chi connectivity index (χ0) is 17.9. The molecule has 0 spiro atoms. The Bertz CT molecular complexity index is 900. The van der Waals surface area contributed by atoms with Crippen LogP contribution in [0, 0.1) is 5.92 Å². The molecular formula is C21H23N3O2. The fraction of sp³-hybridized carbons (Fsp3) is 0.333. The second-order valence-electron chi connectivity index (χ2n) is 6.89. The molecule has 0 unspecified atom stereocenters. The molecular weight excluding hydrogens is 326 g/mol. The fourth-order valence-electron chi connectivity index (χ4n) is 3.17. The van der Waals surface area contributed by atoms with E-state index in [1.807, 2.05) is 66.2 Å². The van der Waals surface area contributed by atoms with Crippen molar-refractivity contribution in [3.05, 3.63) is 66.0 Å². The van der Waals surface area contributed by atoms with Crippen molar-refractivity contribution >= 4 is 16.9 Å². The molecule has 1 heterocycles. The minimum absolute atomic E-state index is 0.0871. The van der Waals surface area contributed by atoms with Gasteiger partial charge in [-0.25, -0.2) is 4.98 Å². The Kier molecular flexibility index (Phi) is 4.71. The lowest BCUT2D eigenvalue weighted by Crippen LogP contribution is -2.34. The number of ether oxygens (including phenoxy) is 1. The van der Waals surface area contributed by atoms with Crippen molar-refractivity contribution in [1.29, 1.82) is 0 Å². The molecule has 0 bridgehead atoms. The van der Waals surface area contributed by atoms with Crippen LogP contribution < -0.4 is 5.32 Å². The van der Waals surface area contributed by atoms with Crippen molar-refractivity contribution in [2.45, 2.75) is 18.9 Å². The fourth-order valence-corrected chi connectivity index (χ4v) is 3.17. The molecule has 1 saturated carbocycles. The predicted molar refractivity (Wildman–Crippen MR) is 101 cm³/mol. The molecule has 0 aliphatic heterocycles. The third-order valence-electron chi connectivity index (χ3n) is 4.80. The van der Waals surface area contributed by atoms with E-state index in [0.29, 0.717) is 12.5 Å². The highest BCUT2D eigenvalue weighted by molar-refractivity contribution is 5.79. The third-order valence-corrected chi connectivity index (χ3v) is 4.80. The Balaban J connectivity index is 1.59. The summed E-state index contributed by atoms with van der Waals surface area (Å²) in [6.07, 6.45) is 2.43. The number of amides is 1. The van der Waals surface area contributed by atoms with Crippen LogP contribution in [0.3, 0.4) is 0 Å². The monoisotopic (exact) mass is 349 g/mol. The van der Waals surface area contributed by atoms with E-state index in [2.05, 4.69) is 5.32 Å². The number of aromatic nitrogens is 2. The van der Waals surface area contributed by atoms with Gasteiger partial charge in [-0.05, 0) is 36.5 Å². The maximum absolute atomic E-state index is 12.5. The van der Waals surface area contributed by atoms with Crippen molar-refractivity contribution in [3.8, 4) is 0 Å². The first-order valence-electron chi connectivity index (χ1n) is 9.06. The molecule has 1 aliphatic rings. The van der Waals surface area contributed by atoms with Gasteiger partial charge in [0.1, 0.15) is 18.5 Å². The van der Waals surface area contributed by atoms with Gasteiger partial charge in [-0.1, -0.05) is 42.5 Å². The maximum atomic E-state index is 12.5. The largest absolute Gasteiger partial charge is 0.371 e. The standard InChI is InChI=1S/C21H23N3O2/c1-24-18-10-6-5-9-17(18)22-21(24)20(16-7-3-2-4-8-16)23-19(25)14-26-13-15-11-12-15/h2-10,15,20H,11-14H2,1H3,(H,23,25)/t20-/m1/s1. The summed E-state index contributed by atoms with van der Waals surface area (Å²) in [7, 11) is 1.98. The second kappa shape index (κ2) is 7.30. The molecule has 0 saturated heterocycles. The van der Waals surface area contributed by atoms with Crippen LogP contribution in [0.5, 0.6) is 0 Å². The number of nitrogens with one attached hydrogen (secondary N) is 1. The van der Waals surface area contributed by atoms with Gasteiger partial charge in [0, 0.05) is 7.05 Å². The highest BCUT2D eigenvalue weighted by Crippen LogP contribution is 2.29. The van der Waals surface area contributed by atoms with Crippen LogP contribution in [0.2, 0.25) is 0 Å². The Morgan fingerprint density at radius 2 is 1.92 bits per heavy atom. The van der Waals surface area contributed by atoms with Gasteiger partial charge in [-0.15, -0.1) is 0 Å². The first kappa shape index (κ1) is 16.8. The van der Waals surface area contributed by atoms with E-state index in [-0.39, 0.29) is 18.6 Å². The highest BCUT2D eigenvalue weighted by Gasteiger charge is 2.24. The van der Waals surface area contributed by atoms with Crippen LogP contribution >= 0.6 is 0 Å². The summed E-state index contributed by atoms with van der Waals surface area (Å²) in [4.78, 5) is 17.2. The minimum Gasteiger partial charge on any atom is -0.371 e. The van der Waals surface area contributed by atoms with E-state index >= 15 is 0 Å². The molecule has 0 radical (unpaired) electrons. The van der Waals surface area contributed by atoms with E-state index in [1.54, 1.807) is 0 Å². The SMILES string of the molecule is Cn1c([C@H](NC(=O)COCC2CC2)c2ccccc2)nc2ccccc21. The zero-order valence-electron chi connectivity index (χ0n) is 14.9. The molecule has 5 nitrogen and oxygen atoms in total. The third kappa shape index (κ3) is 3.63. The van der Waals surface area contributed by atoms with Gasteiger partial charge >= 0.3 is 0 Å². The first-order chi connectivity index (χ1) is 12.7. The lowest BCUT2D eigenvalue weighted by Gasteiger charge is -2.19. The van der Waals surface area contributed by atoms with Crippen LogP contribution in [0.25, 0.3) is 11.0 Å². The number of fused-ring (bicyclic) bond motifs is 1. The van der Waals surface area contributed by atoms with Gasteiger partial charge in [0.2, 0.25) is 5.91 Å². The smallest absolute Gasteiger partial charge is 0.246 e. The topological polar surface area (TPSA) is 56.2 Å². The number of carbonyl (C=O) groups is 1. The van der Waals surface area contributed by atoms with Gasteiger partial charge in [0.25, 0.3) is 0 Å². The van der Waals surface area contributed by atoms with Gasteiger partial charge in [0.05, 0.1) is 17.6 Å². The highest BCUT2D eigenvalue weighted by atomic mass is 16.5. The molecule has 1 N–H and O–H groups in total. The normalized spacial score (nSPS) is 15.1. The molecule has 1 fully saturated rings. The molecule has 1 aromatic heterocycles. The summed E-state index contributed by atoms with van der Waals surface area (Å²) in [5.74, 6) is 1.34. The molecule has 5 heteroatoms. The number of rotatable bonds is 7. The van der Waals surface area contributed by atoms with E-state index < -0.39 is 0 Å². The number of imidazole rings is 1. The summed E-state index contributed by atoms with van der Waals surface area (Å²) >= 11 is 0. The van der Waals surface area contributed by atoms with Crippen LogP contribution in [-0.4, -0.2) is 28.7 Å². The Morgan fingerprint density at radius 3 is 2.65 bits per heavy atom. The van der Waals surface area contributed by atoms with E-state index in [0.717, 1.165) is 22.4 Å². The molecule has 26 heavy (non-hydrogen) atoms. The second-order valence-corrected chi connectivity index (χ2v) is 6.89.